The highest BCUT2D eigenvalue weighted by molar-refractivity contribution is 7.16. The number of hydrazine groups is 1. The van der Waals surface area contributed by atoms with Crippen LogP contribution in [0, 0.1) is 0 Å². The van der Waals surface area contributed by atoms with Crippen molar-refractivity contribution in [2.45, 2.75) is 6.42 Å². The highest BCUT2D eigenvalue weighted by atomic mass is 32.1. The lowest BCUT2D eigenvalue weighted by Crippen LogP contribution is -2.12. The minimum absolute atomic E-state index is 0.353. The van der Waals surface area contributed by atoms with Crippen LogP contribution in [0.25, 0.3) is 10.2 Å². The molecule has 2 aromatic rings. The molecule has 7 nitrogen and oxygen atoms in total. The minimum Gasteiger partial charge on any atom is -0.477 e. The van der Waals surface area contributed by atoms with Gasteiger partial charge in [0.05, 0.1) is 25.2 Å². The zero-order chi connectivity index (χ0) is 14.2. The van der Waals surface area contributed by atoms with Crippen LogP contribution in [0.3, 0.4) is 0 Å². The Kier molecular flexibility index (Phi) is 5.93. The van der Waals surface area contributed by atoms with Gasteiger partial charge in [0.1, 0.15) is 4.83 Å². The number of ether oxygens (including phenoxy) is 3. The van der Waals surface area contributed by atoms with Gasteiger partial charge in [-0.3, -0.25) is 5.43 Å². The molecule has 0 aliphatic carbocycles. The lowest BCUT2D eigenvalue weighted by molar-refractivity contribution is 0.0643. The van der Waals surface area contributed by atoms with E-state index in [1.807, 2.05) is 11.4 Å². The van der Waals surface area contributed by atoms with Crippen molar-refractivity contribution in [3.8, 4) is 5.88 Å². The largest absolute Gasteiger partial charge is 0.477 e. The van der Waals surface area contributed by atoms with E-state index in [1.165, 1.54) is 11.3 Å². The van der Waals surface area contributed by atoms with E-state index in [0.29, 0.717) is 38.3 Å². The molecule has 0 atom stereocenters. The highest BCUT2D eigenvalue weighted by Crippen LogP contribution is 2.27. The van der Waals surface area contributed by atoms with Crippen molar-refractivity contribution in [2.75, 3.05) is 39.0 Å². The van der Waals surface area contributed by atoms with Crippen LogP contribution in [0.15, 0.2) is 11.4 Å². The molecule has 2 heterocycles. The number of nitrogen functional groups attached to an aromatic ring is 1. The molecule has 2 aromatic heterocycles. The maximum Gasteiger partial charge on any atom is 0.241 e. The Morgan fingerprint density at radius 2 is 2.15 bits per heavy atom. The molecule has 0 saturated carbocycles. The lowest BCUT2D eigenvalue weighted by atomic mass is 10.4. The summed E-state index contributed by atoms with van der Waals surface area (Å²) in [6.07, 6.45) is 0.782. The van der Waals surface area contributed by atoms with Crippen LogP contribution in [0.5, 0.6) is 5.88 Å². The number of nitrogens with zero attached hydrogens (tertiary/aromatic N) is 2. The molecular formula is C12H18N4O3S. The Hall–Kier alpha value is -1.48. The number of nitrogens with two attached hydrogens (primary N) is 1. The first kappa shape index (κ1) is 14.9. The van der Waals surface area contributed by atoms with E-state index in [1.54, 1.807) is 7.11 Å². The Bertz CT molecular complexity index is 534. The third-order valence-corrected chi connectivity index (χ3v) is 3.33. The van der Waals surface area contributed by atoms with Gasteiger partial charge in [0, 0.05) is 20.1 Å². The number of anilines is 1. The first-order valence-corrected chi connectivity index (χ1v) is 7.14. The van der Waals surface area contributed by atoms with Crippen molar-refractivity contribution >= 4 is 27.5 Å². The molecule has 0 spiro atoms. The van der Waals surface area contributed by atoms with Crippen molar-refractivity contribution < 1.29 is 14.2 Å². The van der Waals surface area contributed by atoms with Crippen LogP contribution < -0.4 is 16.0 Å². The molecule has 0 aliphatic rings. The second-order valence-corrected chi connectivity index (χ2v) is 4.84. The molecule has 0 aromatic carbocycles. The van der Waals surface area contributed by atoms with Gasteiger partial charge in [-0.2, -0.15) is 4.98 Å². The summed E-state index contributed by atoms with van der Waals surface area (Å²) in [4.78, 5) is 9.31. The topological polar surface area (TPSA) is 91.5 Å². The standard InChI is InChI=1S/C12H18N4O3S/c1-17-6-7-18-4-2-5-19-10-9-3-8-20-11(9)15-12(14-10)16-13/h3,8H,2,4-7,13H2,1H3,(H,14,15,16). The van der Waals surface area contributed by atoms with Gasteiger partial charge >= 0.3 is 0 Å². The maximum atomic E-state index is 5.68. The monoisotopic (exact) mass is 298 g/mol. The van der Waals surface area contributed by atoms with Crippen LogP contribution >= 0.6 is 11.3 Å². The molecule has 0 saturated heterocycles. The van der Waals surface area contributed by atoms with Crippen LogP contribution in [-0.2, 0) is 9.47 Å². The fourth-order valence-electron chi connectivity index (χ4n) is 1.58. The predicted octanol–water partition coefficient (Wildman–Crippen LogP) is 1.41. The van der Waals surface area contributed by atoms with Gasteiger partial charge in [0.15, 0.2) is 0 Å². The molecule has 0 fully saturated rings. The summed E-state index contributed by atoms with van der Waals surface area (Å²) in [5.74, 6) is 6.24. The van der Waals surface area contributed by atoms with Gasteiger partial charge in [0.2, 0.25) is 11.8 Å². The van der Waals surface area contributed by atoms with Crippen molar-refractivity contribution in [1.29, 1.82) is 0 Å². The van der Waals surface area contributed by atoms with Crippen molar-refractivity contribution in [3.05, 3.63) is 11.4 Å². The molecule has 8 heteroatoms. The maximum absolute atomic E-state index is 5.68. The second-order valence-electron chi connectivity index (χ2n) is 3.94. The second kappa shape index (κ2) is 7.95. The minimum atomic E-state index is 0.353. The van der Waals surface area contributed by atoms with E-state index in [2.05, 4.69) is 15.4 Å². The van der Waals surface area contributed by atoms with Crippen LogP contribution in [0.4, 0.5) is 5.95 Å². The normalized spacial score (nSPS) is 10.9. The van der Waals surface area contributed by atoms with Crippen LogP contribution in [0.1, 0.15) is 6.42 Å². The van der Waals surface area contributed by atoms with Gasteiger partial charge in [-0.15, -0.1) is 11.3 Å². The number of fused-ring (bicyclic) bond motifs is 1. The highest BCUT2D eigenvalue weighted by Gasteiger charge is 2.09. The SMILES string of the molecule is COCCOCCCOc1nc(NN)nc2sccc12. The molecule has 0 bridgehead atoms. The first-order valence-electron chi connectivity index (χ1n) is 6.26. The van der Waals surface area contributed by atoms with E-state index >= 15 is 0 Å². The number of methoxy groups -OCH3 is 1. The molecule has 110 valence electrons. The number of aromatic nitrogens is 2. The third-order valence-electron chi connectivity index (χ3n) is 2.52. The average molecular weight is 298 g/mol. The quantitative estimate of drug-likeness (QED) is 0.411. The summed E-state index contributed by atoms with van der Waals surface area (Å²) in [7, 11) is 1.65. The van der Waals surface area contributed by atoms with E-state index in [-0.39, 0.29) is 0 Å². The summed E-state index contributed by atoms with van der Waals surface area (Å²) in [5.41, 5.74) is 2.44. The van der Waals surface area contributed by atoms with E-state index < -0.39 is 0 Å². The summed E-state index contributed by atoms with van der Waals surface area (Å²) in [5, 5.41) is 2.84. The number of hydrogen-bond acceptors (Lipinski definition) is 8. The Labute approximate surface area is 121 Å². The number of thiophene rings is 1. The van der Waals surface area contributed by atoms with Crippen LogP contribution in [-0.4, -0.2) is 43.5 Å². The Balaban J connectivity index is 1.84. The summed E-state index contributed by atoms with van der Waals surface area (Å²) in [6.45, 7) is 2.36. The fraction of sp³-hybridized carbons (Fsp3) is 0.500. The van der Waals surface area contributed by atoms with Gasteiger partial charge in [0.25, 0.3) is 0 Å². The zero-order valence-corrected chi connectivity index (χ0v) is 12.1. The Morgan fingerprint density at radius 1 is 1.25 bits per heavy atom. The lowest BCUT2D eigenvalue weighted by Gasteiger charge is -2.08. The molecule has 0 unspecified atom stereocenters. The molecule has 0 aliphatic heterocycles. The average Bonchev–Trinajstić information content (AvgIpc) is 2.94. The molecule has 0 amide bonds. The summed E-state index contributed by atoms with van der Waals surface area (Å²) >= 11 is 1.52. The number of hydrogen-bond donors (Lipinski definition) is 2. The van der Waals surface area contributed by atoms with Gasteiger partial charge in [-0.05, 0) is 11.4 Å². The Morgan fingerprint density at radius 3 is 2.95 bits per heavy atom. The van der Waals surface area contributed by atoms with Gasteiger partial charge in [-0.25, -0.2) is 10.8 Å². The van der Waals surface area contributed by atoms with E-state index in [9.17, 15) is 0 Å². The first-order chi connectivity index (χ1) is 9.85. The predicted molar refractivity (Wildman–Crippen MR) is 78.0 cm³/mol. The van der Waals surface area contributed by atoms with Crippen molar-refractivity contribution in [2.24, 2.45) is 5.84 Å². The summed E-state index contributed by atoms with van der Waals surface area (Å²) < 4.78 is 15.9. The van der Waals surface area contributed by atoms with E-state index in [0.717, 1.165) is 16.6 Å². The third kappa shape index (κ3) is 4.01. The summed E-state index contributed by atoms with van der Waals surface area (Å²) in [6, 6.07) is 1.94. The molecule has 3 N–H and O–H groups in total. The van der Waals surface area contributed by atoms with Crippen molar-refractivity contribution in [1.82, 2.24) is 9.97 Å². The van der Waals surface area contributed by atoms with Crippen molar-refractivity contribution in [3.63, 3.8) is 0 Å². The van der Waals surface area contributed by atoms with Gasteiger partial charge < -0.3 is 14.2 Å². The number of rotatable bonds is 9. The smallest absolute Gasteiger partial charge is 0.241 e. The molecule has 20 heavy (non-hydrogen) atoms. The fourth-order valence-corrected chi connectivity index (χ4v) is 2.33. The van der Waals surface area contributed by atoms with E-state index in [4.69, 9.17) is 20.1 Å². The van der Waals surface area contributed by atoms with Crippen LogP contribution in [0.2, 0.25) is 0 Å². The zero-order valence-electron chi connectivity index (χ0n) is 11.3. The molecule has 0 radical (unpaired) electrons. The van der Waals surface area contributed by atoms with Gasteiger partial charge in [-0.1, -0.05) is 0 Å². The number of nitrogens with one attached hydrogen (secondary N) is 1. The molecular weight excluding hydrogens is 280 g/mol. The molecule has 2 rings (SSSR count).